The van der Waals surface area contributed by atoms with Crippen LogP contribution >= 0.6 is 11.3 Å². The van der Waals surface area contributed by atoms with Gasteiger partial charge in [-0.15, -0.1) is 11.3 Å². The average molecular weight is 514 g/mol. The lowest BCUT2D eigenvalue weighted by Gasteiger charge is -2.26. The molecule has 184 valence electrons. The third-order valence-electron chi connectivity index (χ3n) is 6.94. The van der Waals surface area contributed by atoms with Crippen LogP contribution in [0.2, 0.25) is 0 Å². The maximum absolute atomic E-state index is 13.4. The van der Waals surface area contributed by atoms with E-state index < -0.39 is 21.4 Å². The molecule has 2 heterocycles. The molecule has 1 saturated heterocycles. The molecule has 0 atom stereocenters. The van der Waals surface area contributed by atoms with Crippen molar-refractivity contribution in [3.05, 3.63) is 58.6 Å². The lowest BCUT2D eigenvalue weighted by atomic mass is 9.76. The van der Waals surface area contributed by atoms with Crippen molar-refractivity contribution in [2.45, 2.75) is 37.0 Å². The molecule has 0 spiro atoms. The Bertz CT molecular complexity index is 1370. The molecule has 1 aliphatic heterocycles. The van der Waals surface area contributed by atoms with Gasteiger partial charge in [0.25, 0.3) is 0 Å². The maximum atomic E-state index is 13.4. The lowest BCUT2D eigenvalue weighted by Crippen LogP contribution is -2.46. The van der Waals surface area contributed by atoms with E-state index in [0.717, 1.165) is 15.8 Å². The van der Waals surface area contributed by atoms with Crippen LogP contribution < -0.4 is 5.32 Å². The Hall–Kier alpha value is -2.66. The molecule has 5 rings (SSSR count). The van der Waals surface area contributed by atoms with Gasteiger partial charge < -0.3 is 10.4 Å². The second-order valence-electron chi connectivity index (χ2n) is 9.26. The number of carbonyl (C=O) groups is 2. The van der Waals surface area contributed by atoms with E-state index >= 15 is 0 Å². The van der Waals surface area contributed by atoms with Gasteiger partial charge in [0.1, 0.15) is 16.2 Å². The molecule has 0 unspecified atom stereocenters. The maximum Gasteiger partial charge on any atom is 0.304 e. The number of aliphatic carboxylic acids is 1. The van der Waals surface area contributed by atoms with Gasteiger partial charge in [0, 0.05) is 44.4 Å². The van der Waals surface area contributed by atoms with Gasteiger partial charge in [0.05, 0.1) is 16.1 Å². The number of thiazole rings is 1. The molecule has 2 aliphatic rings. The number of Topliss-reactive ketones (excluding diaryl/α,β-unsaturated/α-hetero) is 1. The number of benzene rings is 2. The van der Waals surface area contributed by atoms with Crippen molar-refractivity contribution in [1.29, 1.82) is 0 Å². The highest BCUT2D eigenvalue weighted by Gasteiger charge is 2.44. The summed E-state index contributed by atoms with van der Waals surface area (Å²) in [6.45, 7) is 2.06. The second-order valence-corrected chi connectivity index (χ2v) is 12.3. The van der Waals surface area contributed by atoms with E-state index in [9.17, 15) is 23.1 Å². The first-order valence-electron chi connectivity index (χ1n) is 11.7. The van der Waals surface area contributed by atoms with Crippen LogP contribution in [-0.2, 0) is 38.9 Å². The first-order chi connectivity index (χ1) is 16.8. The number of aromatic nitrogens is 1. The number of aryl methyl sites for hydroxylation is 1. The number of ketones is 1. The van der Waals surface area contributed by atoms with E-state index in [-0.39, 0.29) is 23.5 Å². The smallest absolute Gasteiger partial charge is 0.304 e. The Labute approximate surface area is 208 Å². The molecule has 2 aromatic carbocycles. The standard InChI is InChI=1S/C25H27N3O5S2/c29-21(25(16-23(30)31)14-17-4-1-2-5-18(17)15-25)8-9-22-27-24-19(34-22)6-3-7-20(24)35(32,33)28-12-10-26-11-13-28/h1-7,26H,8-16H2,(H,30,31). The fourth-order valence-electron chi connectivity index (χ4n) is 5.20. The van der Waals surface area contributed by atoms with Crippen LogP contribution in [0.25, 0.3) is 10.2 Å². The summed E-state index contributed by atoms with van der Waals surface area (Å²) in [6, 6.07) is 12.9. The SMILES string of the molecule is O=C(O)CC1(C(=O)CCc2nc3c(S(=O)(=O)N4CCNCC4)cccc3s2)Cc2ccccc2C1. The minimum atomic E-state index is -3.67. The molecule has 0 saturated carbocycles. The minimum absolute atomic E-state index is 0.0796. The van der Waals surface area contributed by atoms with Gasteiger partial charge in [-0.2, -0.15) is 4.31 Å². The van der Waals surface area contributed by atoms with Crippen LogP contribution in [0.1, 0.15) is 29.0 Å². The predicted octanol–water partition coefficient (Wildman–Crippen LogP) is 2.65. The van der Waals surface area contributed by atoms with Crippen LogP contribution in [0.3, 0.4) is 0 Å². The van der Waals surface area contributed by atoms with Crippen molar-refractivity contribution in [1.82, 2.24) is 14.6 Å². The molecule has 35 heavy (non-hydrogen) atoms. The molecule has 1 aromatic heterocycles. The van der Waals surface area contributed by atoms with E-state index in [1.807, 2.05) is 30.3 Å². The molecule has 1 aliphatic carbocycles. The number of para-hydroxylation sites is 1. The van der Waals surface area contributed by atoms with Gasteiger partial charge in [0.2, 0.25) is 10.0 Å². The molecule has 1 fully saturated rings. The highest BCUT2D eigenvalue weighted by Crippen LogP contribution is 2.42. The third-order valence-corrected chi connectivity index (χ3v) is 9.95. The fourth-order valence-corrected chi connectivity index (χ4v) is 7.85. The number of hydrogen-bond acceptors (Lipinski definition) is 7. The van der Waals surface area contributed by atoms with Gasteiger partial charge in [-0.05, 0) is 36.1 Å². The molecule has 0 radical (unpaired) electrons. The number of rotatable bonds is 8. The Morgan fingerprint density at radius 2 is 1.74 bits per heavy atom. The zero-order valence-corrected chi connectivity index (χ0v) is 20.8. The first kappa shape index (κ1) is 24.1. The van der Waals surface area contributed by atoms with E-state index in [2.05, 4.69) is 10.3 Å². The van der Waals surface area contributed by atoms with Gasteiger partial charge >= 0.3 is 5.97 Å². The summed E-state index contributed by atoms with van der Waals surface area (Å²) in [6.07, 6.45) is 1.18. The number of nitrogens with one attached hydrogen (secondary N) is 1. The van der Waals surface area contributed by atoms with Crippen LogP contribution in [0.4, 0.5) is 0 Å². The van der Waals surface area contributed by atoms with E-state index in [0.29, 0.717) is 56.0 Å². The number of carboxylic acids is 1. The van der Waals surface area contributed by atoms with Gasteiger partial charge in [-0.1, -0.05) is 30.3 Å². The highest BCUT2D eigenvalue weighted by molar-refractivity contribution is 7.89. The summed E-state index contributed by atoms with van der Waals surface area (Å²) in [7, 11) is -3.67. The number of sulfonamides is 1. The Morgan fingerprint density at radius 1 is 1.06 bits per heavy atom. The number of carboxylic acid groups (broad SMARTS) is 1. The number of nitrogens with zero attached hydrogens (tertiary/aromatic N) is 2. The Balaban J connectivity index is 1.37. The number of carbonyl (C=O) groups excluding carboxylic acids is 1. The topological polar surface area (TPSA) is 117 Å². The van der Waals surface area contributed by atoms with Crippen LogP contribution in [0, 0.1) is 5.41 Å². The lowest BCUT2D eigenvalue weighted by molar-refractivity contribution is -0.144. The first-order valence-corrected chi connectivity index (χ1v) is 14.0. The normalized spacial score (nSPS) is 17.9. The van der Waals surface area contributed by atoms with Crippen molar-refractivity contribution in [3.8, 4) is 0 Å². The third kappa shape index (κ3) is 4.63. The molecule has 0 bridgehead atoms. The van der Waals surface area contributed by atoms with Crippen molar-refractivity contribution in [2.75, 3.05) is 26.2 Å². The molecular formula is C25H27N3O5S2. The monoisotopic (exact) mass is 513 g/mol. The largest absolute Gasteiger partial charge is 0.481 e. The zero-order chi connectivity index (χ0) is 24.6. The van der Waals surface area contributed by atoms with Crippen molar-refractivity contribution >= 4 is 43.3 Å². The number of hydrogen-bond donors (Lipinski definition) is 2. The Morgan fingerprint density at radius 3 is 2.40 bits per heavy atom. The summed E-state index contributed by atoms with van der Waals surface area (Å²) in [4.78, 5) is 29.9. The Kier molecular flexibility index (Phi) is 6.47. The van der Waals surface area contributed by atoms with E-state index in [1.54, 1.807) is 12.1 Å². The zero-order valence-electron chi connectivity index (χ0n) is 19.2. The molecule has 8 nitrogen and oxygen atoms in total. The molecule has 3 aromatic rings. The summed E-state index contributed by atoms with van der Waals surface area (Å²) < 4.78 is 28.8. The molecular weight excluding hydrogens is 486 g/mol. The highest BCUT2D eigenvalue weighted by atomic mass is 32.2. The van der Waals surface area contributed by atoms with E-state index in [1.165, 1.54) is 15.6 Å². The van der Waals surface area contributed by atoms with Crippen LogP contribution in [-0.4, -0.2) is 60.7 Å². The van der Waals surface area contributed by atoms with Gasteiger partial charge in [0.15, 0.2) is 0 Å². The predicted molar refractivity (Wildman–Crippen MR) is 133 cm³/mol. The van der Waals surface area contributed by atoms with Crippen LogP contribution in [0.15, 0.2) is 47.4 Å². The quantitative estimate of drug-likeness (QED) is 0.476. The van der Waals surface area contributed by atoms with Crippen LogP contribution in [0.5, 0.6) is 0 Å². The number of fused-ring (bicyclic) bond motifs is 2. The van der Waals surface area contributed by atoms with Crippen molar-refractivity contribution in [2.24, 2.45) is 5.41 Å². The average Bonchev–Trinajstić information content (AvgIpc) is 3.43. The summed E-state index contributed by atoms with van der Waals surface area (Å²) in [5.41, 5.74) is 1.56. The van der Waals surface area contributed by atoms with Gasteiger partial charge in [-0.25, -0.2) is 13.4 Å². The molecule has 0 amide bonds. The summed E-state index contributed by atoms with van der Waals surface area (Å²) >= 11 is 1.38. The summed E-state index contributed by atoms with van der Waals surface area (Å²) in [5.74, 6) is -1.06. The summed E-state index contributed by atoms with van der Waals surface area (Å²) in [5, 5.41) is 13.4. The van der Waals surface area contributed by atoms with Crippen molar-refractivity contribution < 1.29 is 23.1 Å². The minimum Gasteiger partial charge on any atom is -0.481 e. The van der Waals surface area contributed by atoms with Gasteiger partial charge in [-0.3, -0.25) is 9.59 Å². The molecule has 10 heteroatoms. The number of piperazine rings is 1. The van der Waals surface area contributed by atoms with Crippen molar-refractivity contribution in [3.63, 3.8) is 0 Å². The molecule has 2 N–H and O–H groups in total. The second kappa shape index (κ2) is 9.42. The fraction of sp³-hybridized carbons (Fsp3) is 0.400. The van der Waals surface area contributed by atoms with E-state index in [4.69, 9.17) is 0 Å².